The van der Waals surface area contributed by atoms with Crippen molar-refractivity contribution in [3.8, 4) is 11.5 Å². The molecule has 1 fully saturated rings. The van der Waals surface area contributed by atoms with Gasteiger partial charge in [0.1, 0.15) is 0 Å². The predicted molar refractivity (Wildman–Crippen MR) is 101 cm³/mol. The first-order valence-electron chi connectivity index (χ1n) is 7.95. The van der Waals surface area contributed by atoms with Gasteiger partial charge in [-0.15, -0.1) is 0 Å². The van der Waals surface area contributed by atoms with Crippen LogP contribution >= 0.6 is 23.4 Å². The van der Waals surface area contributed by atoms with Crippen LogP contribution in [0, 0.1) is 0 Å². The first-order valence-corrected chi connectivity index (χ1v) is 9.15. The van der Waals surface area contributed by atoms with Crippen molar-refractivity contribution in [3.05, 3.63) is 63.5 Å². The number of halogens is 1. The third kappa shape index (κ3) is 3.43. The minimum atomic E-state index is -0.525. The molecule has 0 radical (unpaired) electrons. The third-order valence-corrected chi connectivity index (χ3v) is 5.28. The Balaban J connectivity index is 1.56. The van der Waals surface area contributed by atoms with E-state index in [1.807, 2.05) is 0 Å². The SMILES string of the molecule is O=C(CN1C(=O)S/C(=C/c2cc3c(cc2Cl)OCO3)C1=O)c1ccccc1. The maximum atomic E-state index is 12.6. The van der Waals surface area contributed by atoms with E-state index >= 15 is 0 Å². The topological polar surface area (TPSA) is 72.9 Å². The number of ether oxygens (including phenoxy) is 2. The number of hydrogen-bond donors (Lipinski definition) is 0. The fraction of sp³-hybridized carbons (Fsp3) is 0.105. The number of Topliss-reactive ketones (excluding diaryl/α,β-unsaturated/α-hetero) is 1. The fourth-order valence-corrected chi connectivity index (χ4v) is 3.72. The number of amides is 2. The van der Waals surface area contributed by atoms with E-state index in [2.05, 4.69) is 0 Å². The minimum absolute atomic E-state index is 0.104. The van der Waals surface area contributed by atoms with Gasteiger partial charge in [-0.25, -0.2) is 0 Å². The van der Waals surface area contributed by atoms with Gasteiger partial charge in [0.05, 0.1) is 16.5 Å². The van der Waals surface area contributed by atoms with Crippen LogP contribution in [-0.4, -0.2) is 35.2 Å². The van der Waals surface area contributed by atoms with Crippen LogP contribution in [0.5, 0.6) is 11.5 Å². The average molecular weight is 402 g/mol. The van der Waals surface area contributed by atoms with Gasteiger partial charge in [-0.2, -0.15) is 0 Å². The molecular weight excluding hydrogens is 390 g/mol. The molecule has 6 nitrogen and oxygen atoms in total. The van der Waals surface area contributed by atoms with Crippen molar-refractivity contribution in [1.82, 2.24) is 4.90 Å². The summed E-state index contributed by atoms with van der Waals surface area (Å²) in [6.45, 7) is -0.200. The van der Waals surface area contributed by atoms with Crippen molar-refractivity contribution in [1.29, 1.82) is 0 Å². The van der Waals surface area contributed by atoms with E-state index in [0.29, 0.717) is 27.6 Å². The zero-order chi connectivity index (χ0) is 19.0. The molecule has 136 valence electrons. The average Bonchev–Trinajstić information content (AvgIpc) is 3.22. The van der Waals surface area contributed by atoms with E-state index in [1.54, 1.807) is 42.5 Å². The highest BCUT2D eigenvalue weighted by Gasteiger charge is 2.36. The van der Waals surface area contributed by atoms with Gasteiger partial charge in [-0.1, -0.05) is 41.9 Å². The van der Waals surface area contributed by atoms with Crippen LogP contribution in [0.4, 0.5) is 4.79 Å². The van der Waals surface area contributed by atoms with Gasteiger partial charge in [0, 0.05) is 11.6 Å². The third-order valence-electron chi connectivity index (χ3n) is 4.05. The summed E-state index contributed by atoms with van der Waals surface area (Å²) in [6, 6.07) is 11.8. The molecule has 2 heterocycles. The van der Waals surface area contributed by atoms with Crippen LogP contribution in [0.15, 0.2) is 47.4 Å². The molecule has 2 aliphatic rings. The number of imide groups is 1. The van der Waals surface area contributed by atoms with Crippen molar-refractivity contribution >= 4 is 46.4 Å². The number of thioether (sulfide) groups is 1. The molecule has 4 rings (SSSR count). The zero-order valence-electron chi connectivity index (χ0n) is 13.8. The molecule has 2 aromatic rings. The summed E-state index contributed by atoms with van der Waals surface area (Å²) in [5, 5.41) is -0.126. The first-order chi connectivity index (χ1) is 13.0. The lowest BCUT2D eigenvalue weighted by Gasteiger charge is -2.11. The van der Waals surface area contributed by atoms with Crippen LogP contribution in [0.3, 0.4) is 0 Å². The van der Waals surface area contributed by atoms with E-state index in [0.717, 1.165) is 16.7 Å². The van der Waals surface area contributed by atoms with Gasteiger partial charge in [0.25, 0.3) is 11.1 Å². The van der Waals surface area contributed by atoms with Gasteiger partial charge >= 0.3 is 0 Å². The summed E-state index contributed by atoms with van der Waals surface area (Å²) in [5.74, 6) is 0.214. The molecule has 0 N–H and O–H groups in total. The molecule has 0 aliphatic carbocycles. The van der Waals surface area contributed by atoms with Crippen LogP contribution in [0.1, 0.15) is 15.9 Å². The molecule has 0 bridgehead atoms. The van der Waals surface area contributed by atoms with E-state index in [4.69, 9.17) is 21.1 Å². The van der Waals surface area contributed by atoms with E-state index < -0.39 is 11.1 Å². The highest BCUT2D eigenvalue weighted by molar-refractivity contribution is 8.18. The zero-order valence-corrected chi connectivity index (χ0v) is 15.4. The number of rotatable bonds is 4. The minimum Gasteiger partial charge on any atom is -0.454 e. The standard InChI is InChI=1S/C19H12ClNO5S/c20-13-8-16-15(25-10-26-16)6-12(13)7-17-18(23)21(19(24)27-17)9-14(22)11-4-2-1-3-5-11/h1-8H,9-10H2/b17-7+. The summed E-state index contributed by atoms with van der Waals surface area (Å²) in [6.07, 6.45) is 1.52. The number of carbonyl (C=O) groups excluding carboxylic acids is 3. The van der Waals surface area contributed by atoms with Gasteiger partial charge in [-0.3, -0.25) is 19.3 Å². The Morgan fingerprint density at radius 3 is 2.59 bits per heavy atom. The lowest BCUT2D eigenvalue weighted by molar-refractivity contribution is -0.122. The number of nitrogens with zero attached hydrogens (tertiary/aromatic N) is 1. The number of hydrogen-bond acceptors (Lipinski definition) is 6. The molecule has 1 saturated heterocycles. The summed E-state index contributed by atoms with van der Waals surface area (Å²) in [4.78, 5) is 38.3. The smallest absolute Gasteiger partial charge is 0.293 e. The van der Waals surface area contributed by atoms with Crippen molar-refractivity contribution in [2.75, 3.05) is 13.3 Å². The second-order valence-electron chi connectivity index (χ2n) is 5.78. The largest absolute Gasteiger partial charge is 0.454 e. The predicted octanol–water partition coefficient (Wildman–Crippen LogP) is 3.99. The second kappa shape index (κ2) is 7.09. The number of fused-ring (bicyclic) bond motifs is 1. The van der Waals surface area contributed by atoms with Crippen LogP contribution in [-0.2, 0) is 4.79 Å². The lowest BCUT2D eigenvalue weighted by Crippen LogP contribution is -2.33. The molecular formula is C19H12ClNO5S. The van der Waals surface area contributed by atoms with Crippen molar-refractivity contribution < 1.29 is 23.9 Å². The Bertz CT molecular complexity index is 989. The fourth-order valence-electron chi connectivity index (χ4n) is 2.68. The Morgan fingerprint density at radius 1 is 1.15 bits per heavy atom. The number of carbonyl (C=O) groups is 3. The molecule has 0 spiro atoms. The van der Waals surface area contributed by atoms with E-state index in [-0.39, 0.29) is 24.0 Å². The molecule has 2 amide bonds. The second-order valence-corrected chi connectivity index (χ2v) is 7.18. The van der Waals surface area contributed by atoms with Gasteiger partial charge in [0.2, 0.25) is 6.79 Å². The molecule has 27 heavy (non-hydrogen) atoms. The van der Waals surface area contributed by atoms with Gasteiger partial charge < -0.3 is 9.47 Å². The maximum absolute atomic E-state index is 12.6. The van der Waals surface area contributed by atoms with Crippen LogP contribution < -0.4 is 9.47 Å². The van der Waals surface area contributed by atoms with Crippen molar-refractivity contribution in [2.45, 2.75) is 0 Å². The Kier molecular flexibility index (Phi) is 4.63. The Morgan fingerprint density at radius 2 is 1.85 bits per heavy atom. The van der Waals surface area contributed by atoms with E-state index in [9.17, 15) is 14.4 Å². The highest BCUT2D eigenvalue weighted by Crippen LogP contribution is 2.39. The van der Waals surface area contributed by atoms with Crippen LogP contribution in [0.25, 0.3) is 6.08 Å². The number of benzene rings is 2. The molecule has 0 aromatic heterocycles. The maximum Gasteiger partial charge on any atom is 0.293 e. The summed E-state index contributed by atoms with van der Waals surface area (Å²) < 4.78 is 10.6. The quantitative estimate of drug-likeness (QED) is 0.569. The molecule has 2 aliphatic heterocycles. The molecule has 0 unspecified atom stereocenters. The summed E-state index contributed by atoms with van der Waals surface area (Å²) in [5.41, 5.74) is 0.972. The first kappa shape index (κ1) is 17.6. The Hall–Kier alpha value is -2.77. The van der Waals surface area contributed by atoms with Gasteiger partial charge in [0.15, 0.2) is 17.3 Å². The molecule has 8 heteroatoms. The van der Waals surface area contributed by atoms with Crippen molar-refractivity contribution in [3.63, 3.8) is 0 Å². The lowest BCUT2D eigenvalue weighted by atomic mass is 10.1. The van der Waals surface area contributed by atoms with Crippen LogP contribution in [0.2, 0.25) is 5.02 Å². The summed E-state index contributed by atoms with van der Waals surface area (Å²) in [7, 11) is 0. The molecule has 0 atom stereocenters. The monoisotopic (exact) mass is 401 g/mol. The molecule has 2 aromatic carbocycles. The summed E-state index contributed by atoms with van der Waals surface area (Å²) >= 11 is 6.99. The van der Waals surface area contributed by atoms with Gasteiger partial charge in [-0.05, 0) is 29.5 Å². The normalized spacial score (nSPS) is 17.1. The van der Waals surface area contributed by atoms with Crippen molar-refractivity contribution in [2.24, 2.45) is 0 Å². The molecule has 0 saturated carbocycles. The highest BCUT2D eigenvalue weighted by atomic mass is 35.5. The van der Waals surface area contributed by atoms with E-state index in [1.165, 1.54) is 6.08 Å². The Labute approximate surface area is 163 Å². The number of ketones is 1.